The van der Waals surface area contributed by atoms with Gasteiger partial charge in [0, 0.05) is 0 Å². The molecule has 1 aromatic heterocycles. The van der Waals surface area contributed by atoms with Gasteiger partial charge in [0.1, 0.15) is 12.3 Å². The monoisotopic (exact) mass is 339 g/mol. The number of anilines is 2. The number of aryl methyl sites for hydroxylation is 1. The molecule has 0 spiro atoms. The van der Waals surface area contributed by atoms with Crippen molar-refractivity contribution >= 4 is 27.4 Å². The summed E-state index contributed by atoms with van der Waals surface area (Å²) in [5.74, 6) is 0.223. The average Bonchev–Trinajstić information content (AvgIpc) is 2.83. The zero-order valence-electron chi connectivity index (χ0n) is 12.9. The molecule has 0 atom stereocenters. The molecule has 0 saturated heterocycles. The van der Waals surface area contributed by atoms with Gasteiger partial charge in [0.15, 0.2) is 5.82 Å². The molecular formula is C13H17N5O4S. The highest BCUT2D eigenvalue weighted by Crippen LogP contribution is 2.25. The van der Waals surface area contributed by atoms with Crippen LogP contribution in [0.15, 0.2) is 24.4 Å². The zero-order valence-corrected chi connectivity index (χ0v) is 13.7. The Hall–Kier alpha value is -2.62. The average molecular weight is 339 g/mol. The van der Waals surface area contributed by atoms with Gasteiger partial charge in [-0.1, -0.05) is 6.07 Å². The highest BCUT2D eigenvalue weighted by Gasteiger charge is 2.11. The molecule has 1 amide bonds. The molecule has 10 heteroatoms. The number of hydrogen-bond donors (Lipinski definition) is 2. The number of hydrogen-bond acceptors (Lipinski definition) is 6. The first-order chi connectivity index (χ1) is 10.8. The molecule has 2 aromatic rings. The number of aromatic nitrogens is 3. The standard InChI is InChI=1S/C13H17N5O4S/c1-9-4-5-11(22-2)10(6-9)15-13(19)8-18-14-7-12(16-18)17-23(3,20)21/h4-7H,8H2,1-3H3,(H,15,19)(H,16,17). The number of carbonyl (C=O) groups excluding carboxylic acids is 1. The maximum atomic E-state index is 12.0. The van der Waals surface area contributed by atoms with Gasteiger partial charge < -0.3 is 10.1 Å². The number of ether oxygens (including phenoxy) is 1. The van der Waals surface area contributed by atoms with E-state index < -0.39 is 10.0 Å². The van der Waals surface area contributed by atoms with Crippen LogP contribution in [0.1, 0.15) is 5.56 Å². The molecule has 9 nitrogen and oxygen atoms in total. The van der Waals surface area contributed by atoms with Crippen LogP contribution in [0.5, 0.6) is 5.75 Å². The number of benzene rings is 1. The molecule has 2 rings (SSSR count). The summed E-state index contributed by atoms with van der Waals surface area (Å²) in [6.07, 6.45) is 2.23. The largest absolute Gasteiger partial charge is 0.495 e. The molecular weight excluding hydrogens is 322 g/mol. The second kappa shape index (κ2) is 6.65. The number of nitrogens with one attached hydrogen (secondary N) is 2. The number of sulfonamides is 1. The number of rotatable bonds is 6. The van der Waals surface area contributed by atoms with Crippen molar-refractivity contribution in [2.24, 2.45) is 0 Å². The van der Waals surface area contributed by atoms with Gasteiger partial charge in [-0.15, -0.1) is 5.10 Å². The minimum absolute atomic E-state index is 0.0495. The van der Waals surface area contributed by atoms with Crippen LogP contribution in [0.3, 0.4) is 0 Å². The van der Waals surface area contributed by atoms with Gasteiger partial charge in [-0.05, 0) is 24.6 Å². The van der Waals surface area contributed by atoms with E-state index in [2.05, 4.69) is 20.2 Å². The third-order valence-corrected chi connectivity index (χ3v) is 3.32. The Morgan fingerprint density at radius 2 is 2.13 bits per heavy atom. The predicted molar refractivity (Wildman–Crippen MR) is 84.8 cm³/mol. The fourth-order valence-electron chi connectivity index (χ4n) is 1.85. The van der Waals surface area contributed by atoms with Gasteiger partial charge in [-0.2, -0.15) is 9.90 Å². The lowest BCUT2D eigenvalue weighted by Gasteiger charge is -2.10. The maximum absolute atomic E-state index is 12.0. The van der Waals surface area contributed by atoms with Gasteiger partial charge in [-0.3, -0.25) is 9.52 Å². The minimum atomic E-state index is -3.44. The molecule has 0 aliphatic carbocycles. The molecule has 0 saturated carbocycles. The smallest absolute Gasteiger partial charge is 0.248 e. The van der Waals surface area contributed by atoms with E-state index in [0.29, 0.717) is 11.4 Å². The quantitative estimate of drug-likeness (QED) is 0.796. The first kappa shape index (κ1) is 16.7. The molecule has 0 fully saturated rings. The lowest BCUT2D eigenvalue weighted by atomic mass is 10.2. The lowest BCUT2D eigenvalue weighted by molar-refractivity contribution is -0.117. The molecule has 124 valence electrons. The summed E-state index contributed by atoms with van der Waals surface area (Å²) in [5.41, 5.74) is 1.51. The van der Waals surface area contributed by atoms with E-state index in [1.807, 2.05) is 13.0 Å². The summed E-state index contributed by atoms with van der Waals surface area (Å²) in [6, 6.07) is 5.40. The van der Waals surface area contributed by atoms with Crippen LogP contribution in [0, 0.1) is 6.92 Å². The van der Waals surface area contributed by atoms with E-state index in [1.165, 1.54) is 13.3 Å². The van der Waals surface area contributed by atoms with Crippen molar-refractivity contribution in [1.29, 1.82) is 0 Å². The SMILES string of the molecule is COc1ccc(C)cc1NC(=O)Cn1ncc(NS(C)(=O)=O)n1. The van der Waals surface area contributed by atoms with Crippen molar-refractivity contribution in [2.75, 3.05) is 23.4 Å². The molecule has 0 aliphatic rings. The maximum Gasteiger partial charge on any atom is 0.248 e. The van der Waals surface area contributed by atoms with Gasteiger partial charge in [0.05, 0.1) is 25.2 Å². The van der Waals surface area contributed by atoms with Crippen LogP contribution in [0.2, 0.25) is 0 Å². The summed E-state index contributed by atoms with van der Waals surface area (Å²) < 4.78 is 29.5. The molecule has 0 unspecified atom stereocenters. The number of nitrogens with zero attached hydrogens (tertiary/aromatic N) is 3. The fourth-order valence-corrected chi connectivity index (χ4v) is 2.32. The predicted octanol–water partition coefficient (Wildman–Crippen LogP) is 0.605. The normalized spacial score (nSPS) is 11.1. The van der Waals surface area contributed by atoms with Crippen molar-refractivity contribution in [1.82, 2.24) is 15.0 Å². The second-order valence-electron chi connectivity index (χ2n) is 4.89. The Kier molecular flexibility index (Phi) is 4.84. The first-order valence-corrected chi connectivity index (χ1v) is 8.48. The highest BCUT2D eigenvalue weighted by atomic mass is 32.2. The van der Waals surface area contributed by atoms with Crippen LogP contribution in [-0.2, 0) is 21.4 Å². The van der Waals surface area contributed by atoms with E-state index in [4.69, 9.17) is 4.74 Å². The van der Waals surface area contributed by atoms with E-state index in [0.717, 1.165) is 16.6 Å². The third kappa shape index (κ3) is 4.95. The van der Waals surface area contributed by atoms with E-state index in [9.17, 15) is 13.2 Å². The summed E-state index contributed by atoms with van der Waals surface area (Å²) >= 11 is 0. The van der Waals surface area contributed by atoms with E-state index >= 15 is 0 Å². The summed E-state index contributed by atoms with van der Waals surface area (Å²) in [4.78, 5) is 13.1. The third-order valence-electron chi connectivity index (χ3n) is 2.74. The number of carbonyl (C=O) groups is 1. The Morgan fingerprint density at radius 3 is 2.78 bits per heavy atom. The van der Waals surface area contributed by atoms with E-state index in [1.54, 1.807) is 12.1 Å². The Morgan fingerprint density at radius 1 is 1.39 bits per heavy atom. The van der Waals surface area contributed by atoms with Crippen LogP contribution < -0.4 is 14.8 Å². The van der Waals surface area contributed by atoms with Crippen molar-refractivity contribution in [3.63, 3.8) is 0 Å². The first-order valence-electron chi connectivity index (χ1n) is 6.59. The number of methoxy groups -OCH3 is 1. The van der Waals surface area contributed by atoms with Crippen LogP contribution in [-0.4, -0.2) is 42.7 Å². The topological polar surface area (TPSA) is 115 Å². The fraction of sp³-hybridized carbons (Fsp3) is 0.308. The lowest BCUT2D eigenvalue weighted by Crippen LogP contribution is -2.21. The minimum Gasteiger partial charge on any atom is -0.495 e. The molecule has 0 radical (unpaired) electrons. The molecule has 23 heavy (non-hydrogen) atoms. The molecule has 0 aliphatic heterocycles. The van der Waals surface area contributed by atoms with Crippen molar-refractivity contribution in [3.05, 3.63) is 30.0 Å². The van der Waals surface area contributed by atoms with Gasteiger partial charge in [0.25, 0.3) is 0 Å². The summed E-state index contributed by atoms with van der Waals surface area (Å²) in [6.45, 7) is 1.73. The second-order valence-corrected chi connectivity index (χ2v) is 6.63. The van der Waals surface area contributed by atoms with Crippen LogP contribution >= 0.6 is 0 Å². The molecule has 1 aromatic carbocycles. The zero-order chi connectivity index (χ0) is 17.0. The number of amides is 1. The molecule has 2 N–H and O–H groups in total. The highest BCUT2D eigenvalue weighted by molar-refractivity contribution is 7.92. The Labute approximate surface area is 133 Å². The Balaban J connectivity index is 2.04. The van der Waals surface area contributed by atoms with Gasteiger partial charge in [-0.25, -0.2) is 8.42 Å². The van der Waals surface area contributed by atoms with Crippen molar-refractivity contribution < 1.29 is 17.9 Å². The molecule has 1 heterocycles. The van der Waals surface area contributed by atoms with Crippen LogP contribution in [0.25, 0.3) is 0 Å². The van der Waals surface area contributed by atoms with Crippen molar-refractivity contribution in [3.8, 4) is 5.75 Å². The van der Waals surface area contributed by atoms with E-state index in [-0.39, 0.29) is 18.3 Å². The van der Waals surface area contributed by atoms with Crippen molar-refractivity contribution in [2.45, 2.75) is 13.5 Å². The Bertz CT molecular complexity index is 816. The summed E-state index contributed by atoms with van der Waals surface area (Å²) in [7, 11) is -1.93. The van der Waals surface area contributed by atoms with Crippen LogP contribution in [0.4, 0.5) is 11.5 Å². The van der Waals surface area contributed by atoms with Gasteiger partial charge in [0.2, 0.25) is 15.9 Å². The van der Waals surface area contributed by atoms with Gasteiger partial charge >= 0.3 is 0 Å². The molecule has 0 bridgehead atoms. The summed E-state index contributed by atoms with van der Waals surface area (Å²) in [5, 5.41) is 10.4.